The van der Waals surface area contributed by atoms with Crippen LogP contribution in [0.3, 0.4) is 0 Å². The number of ether oxygens (including phenoxy) is 1. The molecule has 1 aliphatic carbocycles. The van der Waals surface area contributed by atoms with Crippen LogP contribution < -0.4 is 0 Å². The van der Waals surface area contributed by atoms with Gasteiger partial charge >= 0.3 is 5.97 Å². The first kappa shape index (κ1) is 18.6. The summed E-state index contributed by atoms with van der Waals surface area (Å²) in [4.78, 5) is 26.1. The highest BCUT2D eigenvalue weighted by Gasteiger charge is 2.40. The van der Waals surface area contributed by atoms with E-state index in [9.17, 15) is 23.1 Å². The number of carbonyl (C=O) groups is 2. The molecule has 1 amide bonds. The van der Waals surface area contributed by atoms with Crippen molar-refractivity contribution in [2.45, 2.75) is 57.1 Å². The van der Waals surface area contributed by atoms with E-state index in [2.05, 4.69) is 0 Å². The Balaban J connectivity index is 1.73. The van der Waals surface area contributed by atoms with Gasteiger partial charge in [0.05, 0.1) is 23.5 Å². The SMILES string of the molecule is O=C(O)C1CCCC(C(=O)N(CC2CCCO2)C2CCS(=O)(=O)C2)C1. The highest BCUT2D eigenvalue weighted by molar-refractivity contribution is 7.91. The van der Waals surface area contributed by atoms with Crippen LogP contribution in [-0.4, -0.2) is 67.1 Å². The summed E-state index contributed by atoms with van der Waals surface area (Å²) < 4.78 is 29.4. The molecule has 4 unspecified atom stereocenters. The summed E-state index contributed by atoms with van der Waals surface area (Å²) in [6.07, 6.45) is 4.65. The molecule has 1 saturated carbocycles. The van der Waals surface area contributed by atoms with E-state index in [1.807, 2.05) is 0 Å². The van der Waals surface area contributed by atoms with Crippen LogP contribution in [0, 0.1) is 11.8 Å². The molecule has 0 aromatic carbocycles. The molecule has 3 fully saturated rings. The van der Waals surface area contributed by atoms with Crippen LogP contribution >= 0.6 is 0 Å². The van der Waals surface area contributed by atoms with Crippen molar-refractivity contribution >= 4 is 21.7 Å². The first-order chi connectivity index (χ1) is 11.9. The van der Waals surface area contributed by atoms with E-state index in [4.69, 9.17) is 4.74 Å². The quantitative estimate of drug-likeness (QED) is 0.774. The lowest BCUT2D eigenvalue weighted by atomic mass is 9.80. The number of aliphatic carboxylic acids is 1. The monoisotopic (exact) mass is 373 g/mol. The summed E-state index contributed by atoms with van der Waals surface area (Å²) in [6.45, 7) is 1.10. The first-order valence-corrected chi connectivity index (χ1v) is 11.0. The molecule has 142 valence electrons. The third-order valence-electron chi connectivity index (χ3n) is 5.73. The normalized spacial score (nSPS) is 34.7. The molecule has 0 aromatic rings. The zero-order chi connectivity index (χ0) is 18.0. The van der Waals surface area contributed by atoms with Gasteiger partial charge in [0.15, 0.2) is 9.84 Å². The fourth-order valence-corrected chi connectivity index (χ4v) is 6.05. The Kier molecular flexibility index (Phi) is 5.68. The number of hydrogen-bond acceptors (Lipinski definition) is 5. The van der Waals surface area contributed by atoms with E-state index in [1.165, 1.54) is 0 Å². The van der Waals surface area contributed by atoms with Crippen molar-refractivity contribution in [3.63, 3.8) is 0 Å². The second-order valence-corrected chi connectivity index (χ2v) is 9.81. The number of nitrogens with zero attached hydrogens (tertiary/aromatic N) is 1. The van der Waals surface area contributed by atoms with E-state index in [-0.39, 0.29) is 35.5 Å². The minimum Gasteiger partial charge on any atom is -0.481 e. The maximum Gasteiger partial charge on any atom is 0.306 e. The van der Waals surface area contributed by atoms with E-state index >= 15 is 0 Å². The van der Waals surface area contributed by atoms with Crippen molar-refractivity contribution in [3.05, 3.63) is 0 Å². The smallest absolute Gasteiger partial charge is 0.306 e. The Bertz CT molecular complexity index is 613. The average molecular weight is 373 g/mol. The number of rotatable bonds is 5. The van der Waals surface area contributed by atoms with E-state index in [0.29, 0.717) is 38.8 Å². The summed E-state index contributed by atoms with van der Waals surface area (Å²) in [7, 11) is -3.09. The number of carboxylic acid groups (broad SMARTS) is 1. The topological polar surface area (TPSA) is 101 Å². The van der Waals surface area contributed by atoms with Crippen molar-refractivity contribution in [2.75, 3.05) is 24.7 Å². The minimum atomic E-state index is -3.09. The van der Waals surface area contributed by atoms with E-state index in [0.717, 1.165) is 19.3 Å². The predicted molar refractivity (Wildman–Crippen MR) is 90.8 cm³/mol. The summed E-state index contributed by atoms with van der Waals surface area (Å²) >= 11 is 0. The van der Waals surface area contributed by atoms with Crippen molar-refractivity contribution in [3.8, 4) is 0 Å². The molecule has 1 N–H and O–H groups in total. The van der Waals surface area contributed by atoms with E-state index in [1.54, 1.807) is 4.90 Å². The zero-order valence-electron chi connectivity index (χ0n) is 14.4. The van der Waals surface area contributed by atoms with Crippen molar-refractivity contribution < 1.29 is 27.9 Å². The third-order valence-corrected chi connectivity index (χ3v) is 7.48. The Hall–Kier alpha value is -1.15. The van der Waals surface area contributed by atoms with Gasteiger partial charge in [-0.05, 0) is 38.5 Å². The third kappa shape index (κ3) is 4.53. The molecule has 0 radical (unpaired) electrons. The maximum atomic E-state index is 13.1. The van der Waals surface area contributed by atoms with Gasteiger partial charge < -0.3 is 14.7 Å². The van der Waals surface area contributed by atoms with E-state index < -0.39 is 21.7 Å². The van der Waals surface area contributed by atoms with Gasteiger partial charge in [0.2, 0.25) is 5.91 Å². The molecule has 4 atom stereocenters. The molecular weight excluding hydrogens is 346 g/mol. The van der Waals surface area contributed by atoms with Gasteiger partial charge in [-0.2, -0.15) is 0 Å². The molecule has 3 aliphatic rings. The first-order valence-electron chi connectivity index (χ1n) is 9.21. The van der Waals surface area contributed by atoms with Crippen molar-refractivity contribution in [1.82, 2.24) is 4.90 Å². The number of amides is 1. The van der Waals surface area contributed by atoms with Gasteiger partial charge in [-0.1, -0.05) is 6.42 Å². The largest absolute Gasteiger partial charge is 0.481 e. The summed E-state index contributed by atoms with van der Waals surface area (Å²) in [5.74, 6) is -1.58. The Morgan fingerprint density at radius 2 is 1.84 bits per heavy atom. The maximum absolute atomic E-state index is 13.1. The molecule has 7 nitrogen and oxygen atoms in total. The molecular formula is C17H27NO6S. The molecule has 2 aliphatic heterocycles. The Labute approximate surface area is 148 Å². The molecule has 0 aromatic heterocycles. The Morgan fingerprint density at radius 1 is 1.08 bits per heavy atom. The van der Waals surface area contributed by atoms with Crippen LogP contribution in [0.1, 0.15) is 44.9 Å². The van der Waals surface area contributed by atoms with Crippen molar-refractivity contribution in [1.29, 1.82) is 0 Å². The van der Waals surface area contributed by atoms with Crippen LogP contribution in [0.4, 0.5) is 0 Å². The second kappa shape index (κ2) is 7.61. The van der Waals surface area contributed by atoms with Gasteiger partial charge in [0, 0.05) is 25.1 Å². The van der Waals surface area contributed by atoms with Crippen LogP contribution in [-0.2, 0) is 24.2 Å². The summed E-state index contributed by atoms with van der Waals surface area (Å²) in [5, 5.41) is 9.26. The van der Waals surface area contributed by atoms with Gasteiger partial charge in [0.25, 0.3) is 0 Å². The van der Waals surface area contributed by atoms with Crippen LogP contribution in [0.2, 0.25) is 0 Å². The molecule has 2 saturated heterocycles. The zero-order valence-corrected chi connectivity index (χ0v) is 15.2. The fourth-order valence-electron chi connectivity index (χ4n) is 4.32. The van der Waals surface area contributed by atoms with Gasteiger partial charge in [-0.3, -0.25) is 9.59 Å². The molecule has 2 heterocycles. The minimum absolute atomic E-state index is 0.0144. The van der Waals surface area contributed by atoms with Gasteiger partial charge in [0.1, 0.15) is 0 Å². The lowest BCUT2D eigenvalue weighted by molar-refractivity contribution is -0.146. The lowest BCUT2D eigenvalue weighted by Gasteiger charge is -2.35. The van der Waals surface area contributed by atoms with Crippen LogP contribution in [0.15, 0.2) is 0 Å². The summed E-state index contributed by atoms with van der Waals surface area (Å²) in [5.41, 5.74) is 0. The fraction of sp³-hybridized carbons (Fsp3) is 0.882. The lowest BCUT2D eigenvalue weighted by Crippen LogP contribution is -2.48. The molecule has 8 heteroatoms. The van der Waals surface area contributed by atoms with Gasteiger partial charge in [-0.25, -0.2) is 8.42 Å². The molecule has 0 bridgehead atoms. The molecule has 0 spiro atoms. The highest BCUT2D eigenvalue weighted by Crippen LogP contribution is 2.32. The number of carboxylic acids is 1. The molecule has 25 heavy (non-hydrogen) atoms. The second-order valence-electron chi connectivity index (χ2n) is 7.58. The number of carbonyl (C=O) groups excluding carboxylic acids is 1. The summed E-state index contributed by atoms with van der Waals surface area (Å²) in [6, 6.07) is -0.299. The number of sulfone groups is 1. The highest BCUT2D eigenvalue weighted by atomic mass is 32.2. The van der Waals surface area contributed by atoms with Gasteiger partial charge in [-0.15, -0.1) is 0 Å². The van der Waals surface area contributed by atoms with Crippen molar-refractivity contribution in [2.24, 2.45) is 11.8 Å². The Morgan fingerprint density at radius 3 is 2.44 bits per heavy atom. The standard InChI is InChI=1S/C17H27NO6S/c19-16(12-3-1-4-13(9-12)17(20)21)18(10-15-5-2-7-24-15)14-6-8-25(22,23)11-14/h12-15H,1-11H2,(H,20,21). The van der Waals surface area contributed by atoms with Crippen LogP contribution in [0.5, 0.6) is 0 Å². The van der Waals surface area contributed by atoms with Crippen LogP contribution in [0.25, 0.3) is 0 Å². The number of hydrogen-bond donors (Lipinski definition) is 1. The predicted octanol–water partition coefficient (Wildman–Crippen LogP) is 1.07. The molecule has 3 rings (SSSR count). The average Bonchev–Trinajstić information content (AvgIpc) is 3.21.